The molecule has 0 radical (unpaired) electrons. The number of aliphatic carboxylic acids is 1. The maximum absolute atomic E-state index is 14.1. The number of carboxylic acid groups (broad SMARTS) is 1. The minimum atomic E-state index is -1.04. The van der Waals surface area contributed by atoms with Gasteiger partial charge in [0.1, 0.15) is 6.54 Å². The number of amides is 1. The summed E-state index contributed by atoms with van der Waals surface area (Å²) < 4.78 is 27.6. The van der Waals surface area contributed by atoms with Crippen LogP contribution in [0.5, 0.6) is 0 Å². The summed E-state index contributed by atoms with van der Waals surface area (Å²) in [5.74, 6) is -2.99. The third kappa shape index (κ3) is 3.26. The van der Waals surface area contributed by atoms with Crippen LogP contribution in [0.4, 0.5) is 8.78 Å². The molecule has 1 fully saturated rings. The number of fused-ring (bicyclic) bond motifs is 1. The second kappa shape index (κ2) is 6.84. The molecule has 24 heavy (non-hydrogen) atoms. The highest BCUT2D eigenvalue weighted by atomic mass is 19.2. The van der Waals surface area contributed by atoms with Crippen molar-refractivity contribution in [2.24, 2.45) is 0 Å². The number of nitrogens with zero attached hydrogens (tertiary/aromatic N) is 2. The third-order valence-electron chi connectivity index (χ3n) is 4.84. The largest absolute Gasteiger partial charge is 0.480 e. The number of benzene rings is 1. The van der Waals surface area contributed by atoms with Gasteiger partial charge in [0.25, 0.3) is 0 Å². The summed E-state index contributed by atoms with van der Waals surface area (Å²) in [6.07, 6.45) is 2.72. The number of halogens is 2. The van der Waals surface area contributed by atoms with Gasteiger partial charge in [-0.15, -0.1) is 0 Å². The first-order valence-electron chi connectivity index (χ1n) is 8.17. The van der Waals surface area contributed by atoms with Gasteiger partial charge in [0.05, 0.1) is 6.04 Å². The molecule has 0 bridgehead atoms. The van der Waals surface area contributed by atoms with Crippen molar-refractivity contribution in [1.82, 2.24) is 9.80 Å². The van der Waals surface area contributed by atoms with Crippen LogP contribution in [0, 0.1) is 11.6 Å². The first kappa shape index (κ1) is 16.8. The molecule has 130 valence electrons. The molecule has 0 spiro atoms. The molecule has 2 heterocycles. The van der Waals surface area contributed by atoms with Crippen molar-refractivity contribution in [2.75, 3.05) is 19.6 Å². The Morgan fingerprint density at radius 2 is 2.04 bits per heavy atom. The van der Waals surface area contributed by atoms with E-state index in [0.29, 0.717) is 31.5 Å². The highest BCUT2D eigenvalue weighted by molar-refractivity contribution is 5.85. The fraction of sp³-hybridized carbons (Fsp3) is 0.529. The lowest BCUT2D eigenvalue weighted by Gasteiger charge is -2.36. The Morgan fingerprint density at radius 3 is 2.79 bits per heavy atom. The van der Waals surface area contributed by atoms with E-state index in [1.165, 1.54) is 4.90 Å². The van der Waals surface area contributed by atoms with Crippen molar-refractivity contribution in [3.05, 3.63) is 34.9 Å². The smallest absolute Gasteiger partial charge is 0.323 e. The van der Waals surface area contributed by atoms with Gasteiger partial charge < -0.3 is 10.0 Å². The highest BCUT2D eigenvalue weighted by Gasteiger charge is 2.35. The average Bonchev–Trinajstić information content (AvgIpc) is 2.73. The summed E-state index contributed by atoms with van der Waals surface area (Å²) in [5, 5.41) is 8.97. The molecule has 5 nitrogen and oxygen atoms in total. The summed E-state index contributed by atoms with van der Waals surface area (Å²) in [6, 6.07) is 2.26. The van der Waals surface area contributed by atoms with Crippen LogP contribution in [-0.4, -0.2) is 52.5 Å². The Balaban J connectivity index is 1.81. The normalized spacial score (nSPS) is 22.2. The molecule has 2 aliphatic rings. The lowest BCUT2D eigenvalue weighted by atomic mass is 9.96. The molecular weight excluding hydrogens is 318 g/mol. The SMILES string of the molecule is O=C(O)CN1CCCCC(N2CCc3ccc(F)c(F)c3C2)C1=O. The Morgan fingerprint density at radius 1 is 1.25 bits per heavy atom. The van der Waals surface area contributed by atoms with E-state index in [1.54, 1.807) is 6.07 Å². The first-order valence-corrected chi connectivity index (χ1v) is 8.17. The van der Waals surface area contributed by atoms with Crippen molar-refractivity contribution in [2.45, 2.75) is 38.3 Å². The van der Waals surface area contributed by atoms with Crippen molar-refractivity contribution >= 4 is 11.9 Å². The predicted molar refractivity (Wildman–Crippen MR) is 82.3 cm³/mol. The Bertz CT molecular complexity index is 665. The number of hydrogen-bond acceptors (Lipinski definition) is 3. The fourth-order valence-corrected chi connectivity index (χ4v) is 3.59. The molecule has 3 rings (SSSR count). The molecule has 1 N–H and O–H groups in total. The molecule has 1 aromatic rings. The van der Waals surface area contributed by atoms with Crippen molar-refractivity contribution in [3.8, 4) is 0 Å². The van der Waals surface area contributed by atoms with Crippen LogP contribution in [0.2, 0.25) is 0 Å². The van der Waals surface area contributed by atoms with Crippen molar-refractivity contribution in [3.63, 3.8) is 0 Å². The van der Waals surface area contributed by atoms with Gasteiger partial charge in [-0.1, -0.05) is 6.07 Å². The van der Waals surface area contributed by atoms with Gasteiger partial charge >= 0.3 is 5.97 Å². The van der Waals surface area contributed by atoms with E-state index in [0.717, 1.165) is 24.5 Å². The molecule has 1 saturated heterocycles. The minimum absolute atomic E-state index is 0.177. The topological polar surface area (TPSA) is 60.9 Å². The molecule has 0 aliphatic carbocycles. The quantitative estimate of drug-likeness (QED) is 0.913. The van der Waals surface area contributed by atoms with E-state index in [1.807, 2.05) is 4.90 Å². The van der Waals surface area contributed by atoms with Gasteiger partial charge in [0.2, 0.25) is 5.91 Å². The number of rotatable bonds is 3. The van der Waals surface area contributed by atoms with Crippen LogP contribution >= 0.6 is 0 Å². The average molecular weight is 338 g/mol. The maximum atomic E-state index is 14.1. The molecular formula is C17H20F2N2O3. The lowest BCUT2D eigenvalue weighted by Crippen LogP contribution is -2.50. The highest BCUT2D eigenvalue weighted by Crippen LogP contribution is 2.27. The lowest BCUT2D eigenvalue weighted by molar-refractivity contribution is -0.146. The van der Waals surface area contributed by atoms with Crippen LogP contribution in [0.15, 0.2) is 12.1 Å². The number of carbonyl (C=O) groups is 2. The van der Waals surface area contributed by atoms with Crippen LogP contribution in [0.3, 0.4) is 0 Å². The van der Waals surface area contributed by atoms with Gasteiger partial charge in [-0.25, -0.2) is 8.78 Å². The van der Waals surface area contributed by atoms with Crippen LogP contribution < -0.4 is 0 Å². The zero-order valence-corrected chi connectivity index (χ0v) is 13.3. The molecule has 2 aliphatic heterocycles. The van der Waals surface area contributed by atoms with Crippen molar-refractivity contribution < 1.29 is 23.5 Å². The van der Waals surface area contributed by atoms with Gasteiger partial charge in [-0.2, -0.15) is 0 Å². The van der Waals surface area contributed by atoms with E-state index in [4.69, 9.17) is 5.11 Å². The van der Waals surface area contributed by atoms with Gasteiger partial charge in [0.15, 0.2) is 11.6 Å². The summed E-state index contributed by atoms with van der Waals surface area (Å²) in [6.45, 7) is 0.865. The second-order valence-electron chi connectivity index (χ2n) is 6.38. The molecule has 0 aromatic heterocycles. The Kier molecular flexibility index (Phi) is 4.80. The van der Waals surface area contributed by atoms with E-state index >= 15 is 0 Å². The third-order valence-corrected chi connectivity index (χ3v) is 4.84. The molecule has 0 saturated carbocycles. The molecule has 1 amide bonds. The van der Waals surface area contributed by atoms with Gasteiger partial charge in [-0.05, 0) is 37.3 Å². The number of carboxylic acids is 1. The zero-order valence-electron chi connectivity index (χ0n) is 13.3. The Labute approximate surface area is 138 Å². The number of carbonyl (C=O) groups excluding carboxylic acids is 1. The Hall–Kier alpha value is -2.02. The zero-order chi connectivity index (χ0) is 17.3. The minimum Gasteiger partial charge on any atom is -0.480 e. The number of likely N-dealkylation sites (tertiary alicyclic amines) is 1. The number of hydrogen-bond donors (Lipinski definition) is 1. The second-order valence-corrected chi connectivity index (χ2v) is 6.38. The van der Waals surface area contributed by atoms with E-state index < -0.39 is 23.6 Å². The predicted octanol–water partition coefficient (Wildman–Crippen LogP) is 1.79. The van der Waals surface area contributed by atoms with Gasteiger partial charge in [0, 0.05) is 25.2 Å². The summed E-state index contributed by atoms with van der Waals surface area (Å²) >= 11 is 0. The molecule has 1 aromatic carbocycles. The van der Waals surface area contributed by atoms with E-state index in [-0.39, 0.29) is 19.0 Å². The molecule has 1 unspecified atom stereocenters. The standard InChI is InChI=1S/C17H20F2N2O3/c18-13-5-4-11-6-8-20(9-12(11)16(13)19)14-3-1-2-7-21(17(14)24)10-15(22)23/h4-5,14H,1-3,6-10H2,(H,22,23). The fourth-order valence-electron chi connectivity index (χ4n) is 3.59. The van der Waals surface area contributed by atoms with Crippen molar-refractivity contribution in [1.29, 1.82) is 0 Å². The van der Waals surface area contributed by atoms with Gasteiger partial charge in [-0.3, -0.25) is 14.5 Å². The first-order chi connectivity index (χ1) is 11.5. The summed E-state index contributed by atoms with van der Waals surface area (Å²) in [7, 11) is 0. The molecule has 1 atom stereocenters. The maximum Gasteiger partial charge on any atom is 0.323 e. The monoisotopic (exact) mass is 338 g/mol. The van der Waals surface area contributed by atoms with Crippen LogP contribution in [-0.2, 0) is 22.6 Å². The molecule has 7 heteroatoms. The van der Waals surface area contributed by atoms with E-state index in [9.17, 15) is 18.4 Å². The summed E-state index contributed by atoms with van der Waals surface area (Å²) in [5.41, 5.74) is 1.08. The summed E-state index contributed by atoms with van der Waals surface area (Å²) in [4.78, 5) is 26.9. The van der Waals surface area contributed by atoms with E-state index in [2.05, 4.69) is 0 Å². The van der Waals surface area contributed by atoms with Crippen LogP contribution in [0.25, 0.3) is 0 Å². The van der Waals surface area contributed by atoms with Crippen LogP contribution in [0.1, 0.15) is 30.4 Å².